The molecule has 0 fully saturated rings. The zero-order valence-electron chi connectivity index (χ0n) is 9.04. The molecule has 0 spiro atoms. The SMILES string of the molecule is COc1ccc(Nc2ncc(C)[nH]2)cc1F. The summed E-state index contributed by atoms with van der Waals surface area (Å²) in [6.45, 7) is 1.90. The first-order valence-corrected chi connectivity index (χ1v) is 4.81. The van der Waals surface area contributed by atoms with Crippen molar-refractivity contribution in [2.45, 2.75) is 6.92 Å². The van der Waals surface area contributed by atoms with E-state index in [1.807, 2.05) is 6.92 Å². The molecule has 1 aromatic carbocycles. The molecule has 0 amide bonds. The molecule has 2 N–H and O–H groups in total. The number of hydrogen-bond donors (Lipinski definition) is 2. The van der Waals surface area contributed by atoms with Crippen molar-refractivity contribution >= 4 is 11.6 Å². The van der Waals surface area contributed by atoms with Gasteiger partial charge in [-0.1, -0.05) is 0 Å². The molecule has 0 aliphatic carbocycles. The second-order valence-corrected chi connectivity index (χ2v) is 3.39. The zero-order valence-corrected chi connectivity index (χ0v) is 9.04. The minimum absolute atomic E-state index is 0.223. The summed E-state index contributed by atoms with van der Waals surface area (Å²) in [6, 6.07) is 4.64. The Hall–Kier alpha value is -2.04. The van der Waals surface area contributed by atoms with E-state index in [2.05, 4.69) is 15.3 Å². The molecule has 0 radical (unpaired) electrons. The van der Waals surface area contributed by atoms with Crippen LogP contribution in [0.25, 0.3) is 0 Å². The molecule has 0 aliphatic rings. The Labute approximate surface area is 92.5 Å². The van der Waals surface area contributed by atoms with E-state index < -0.39 is 5.82 Å². The van der Waals surface area contributed by atoms with Gasteiger partial charge in [0.2, 0.25) is 5.95 Å². The number of imidazole rings is 1. The molecule has 0 saturated carbocycles. The van der Waals surface area contributed by atoms with Crippen LogP contribution in [0.3, 0.4) is 0 Å². The van der Waals surface area contributed by atoms with Gasteiger partial charge >= 0.3 is 0 Å². The van der Waals surface area contributed by atoms with E-state index in [-0.39, 0.29) is 5.75 Å². The molecular formula is C11H12FN3O. The molecule has 2 aromatic rings. The average Bonchev–Trinajstić information content (AvgIpc) is 2.64. The van der Waals surface area contributed by atoms with Gasteiger partial charge in [-0.3, -0.25) is 0 Å². The van der Waals surface area contributed by atoms with Gasteiger partial charge in [-0.15, -0.1) is 0 Å². The topological polar surface area (TPSA) is 49.9 Å². The van der Waals surface area contributed by atoms with Crippen LogP contribution in [0.5, 0.6) is 5.75 Å². The highest BCUT2D eigenvalue weighted by Gasteiger charge is 2.04. The number of aryl methyl sites for hydroxylation is 1. The molecule has 16 heavy (non-hydrogen) atoms. The minimum atomic E-state index is -0.407. The van der Waals surface area contributed by atoms with Crippen LogP contribution in [-0.2, 0) is 0 Å². The molecule has 0 unspecified atom stereocenters. The standard InChI is InChI=1S/C11H12FN3O/c1-7-6-13-11(14-7)15-8-3-4-10(16-2)9(12)5-8/h3-6H,1-2H3,(H2,13,14,15). The zero-order chi connectivity index (χ0) is 11.5. The normalized spacial score (nSPS) is 10.2. The van der Waals surface area contributed by atoms with Gasteiger partial charge in [0.15, 0.2) is 11.6 Å². The summed E-state index contributed by atoms with van der Waals surface area (Å²) in [5.74, 6) is 0.402. The third-order valence-corrected chi connectivity index (χ3v) is 2.12. The van der Waals surface area contributed by atoms with Gasteiger partial charge in [0.05, 0.1) is 7.11 Å². The maximum atomic E-state index is 13.4. The van der Waals surface area contributed by atoms with Crippen LogP contribution in [0.15, 0.2) is 24.4 Å². The number of rotatable bonds is 3. The van der Waals surface area contributed by atoms with E-state index in [1.165, 1.54) is 13.2 Å². The summed E-state index contributed by atoms with van der Waals surface area (Å²) >= 11 is 0. The first-order chi connectivity index (χ1) is 7.69. The summed E-state index contributed by atoms with van der Waals surface area (Å²) in [7, 11) is 1.43. The monoisotopic (exact) mass is 221 g/mol. The van der Waals surface area contributed by atoms with Crippen molar-refractivity contribution < 1.29 is 9.13 Å². The van der Waals surface area contributed by atoms with Crippen molar-refractivity contribution in [1.29, 1.82) is 0 Å². The number of aromatic amines is 1. The molecule has 0 atom stereocenters. The number of ether oxygens (including phenoxy) is 1. The Morgan fingerprint density at radius 3 is 2.81 bits per heavy atom. The first-order valence-electron chi connectivity index (χ1n) is 4.81. The largest absolute Gasteiger partial charge is 0.494 e. The lowest BCUT2D eigenvalue weighted by Crippen LogP contribution is -1.94. The smallest absolute Gasteiger partial charge is 0.204 e. The molecule has 0 bridgehead atoms. The van der Waals surface area contributed by atoms with Crippen molar-refractivity contribution in [3.63, 3.8) is 0 Å². The van der Waals surface area contributed by atoms with Crippen LogP contribution in [0.1, 0.15) is 5.69 Å². The van der Waals surface area contributed by atoms with Crippen LogP contribution >= 0.6 is 0 Å². The highest BCUT2D eigenvalue weighted by molar-refractivity contribution is 5.55. The maximum Gasteiger partial charge on any atom is 0.204 e. The van der Waals surface area contributed by atoms with E-state index in [9.17, 15) is 4.39 Å². The summed E-state index contributed by atoms with van der Waals surface area (Å²) < 4.78 is 18.2. The number of aromatic nitrogens is 2. The molecule has 0 saturated heterocycles. The van der Waals surface area contributed by atoms with Gasteiger partial charge in [-0.2, -0.15) is 0 Å². The highest BCUT2D eigenvalue weighted by atomic mass is 19.1. The number of halogens is 1. The number of nitrogens with zero attached hydrogens (tertiary/aromatic N) is 1. The summed E-state index contributed by atoms with van der Waals surface area (Å²) in [5, 5.41) is 2.95. The number of nitrogens with one attached hydrogen (secondary N) is 2. The molecule has 84 valence electrons. The number of benzene rings is 1. The number of anilines is 2. The van der Waals surface area contributed by atoms with Crippen LogP contribution < -0.4 is 10.1 Å². The van der Waals surface area contributed by atoms with Crippen molar-refractivity contribution in [2.75, 3.05) is 12.4 Å². The van der Waals surface area contributed by atoms with Gasteiger partial charge in [0, 0.05) is 23.6 Å². The Kier molecular flexibility index (Phi) is 2.76. The van der Waals surface area contributed by atoms with Gasteiger partial charge in [-0.25, -0.2) is 9.37 Å². The third-order valence-electron chi connectivity index (χ3n) is 2.12. The summed E-state index contributed by atoms with van der Waals surface area (Å²) in [5.41, 5.74) is 1.56. The first kappa shape index (κ1) is 10.5. The molecule has 4 nitrogen and oxygen atoms in total. The molecule has 2 rings (SSSR count). The van der Waals surface area contributed by atoms with Gasteiger partial charge < -0.3 is 15.0 Å². The predicted octanol–water partition coefficient (Wildman–Crippen LogP) is 2.61. The Morgan fingerprint density at radius 1 is 1.44 bits per heavy atom. The quantitative estimate of drug-likeness (QED) is 0.837. The van der Waals surface area contributed by atoms with Crippen LogP contribution in [0, 0.1) is 12.7 Å². The lowest BCUT2D eigenvalue weighted by Gasteiger charge is -2.05. The van der Waals surface area contributed by atoms with Crippen molar-refractivity contribution in [2.24, 2.45) is 0 Å². The van der Waals surface area contributed by atoms with Gasteiger partial charge in [0.1, 0.15) is 0 Å². The second kappa shape index (κ2) is 4.22. The second-order valence-electron chi connectivity index (χ2n) is 3.39. The Balaban J connectivity index is 2.19. The van der Waals surface area contributed by atoms with E-state index in [0.29, 0.717) is 11.6 Å². The number of methoxy groups -OCH3 is 1. The summed E-state index contributed by atoms with van der Waals surface area (Å²) in [4.78, 5) is 7.06. The van der Waals surface area contributed by atoms with Crippen molar-refractivity contribution in [3.8, 4) is 5.75 Å². The van der Waals surface area contributed by atoms with Crippen LogP contribution in [0.2, 0.25) is 0 Å². The van der Waals surface area contributed by atoms with E-state index in [0.717, 1.165) is 5.69 Å². The summed E-state index contributed by atoms with van der Waals surface area (Å²) in [6.07, 6.45) is 1.70. The van der Waals surface area contributed by atoms with Gasteiger partial charge in [0.25, 0.3) is 0 Å². The van der Waals surface area contributed by atoms with E-state index in [1.54, 1.807) is 18.3 Å². The predicted molar refractivity (Wildman–Crippen MR) is 59.6 cm³/mol. The van der Waals surface area contributed by atoms with E-state index >= 15 is 0 Å². The fourth-order valence-corrected chi connectivity index (χ4v) is 1.36. The van der Waals surface area contributed by atoms with Crippen molar-refractivity contribution in [3.05, 3.63) is 35.9 Å². The molecular weight excluding hydrogens is 209 g/mol. The lowest BCUT2D eigenvalue weighted by atomic mass is 10.3. The fourth-order valence-electron chi connectivity index (χ4n) is 1.36. The third kappa shape index (κ3) is 2.13. The average molecular weight is 221 g/mol. The minimum Gasteiger partial charge on any atom is -0.494 e. The van der Waals surface area contributed by atoms with E-state index in [4.69, 9.17) is 4.74 Å². The molecule has 1 heterocycles. The van der Waals surface area contributed by atoms with Crippen molar-refractivity contribution in [1.82, 2.24) is 9.97 Å². The Morgan fingerprint density at radius 2 is 2.25 bits per heavy atom. The maximum absolute atomic E-state index is 13.4. The molecule has 0 aliphatic heterocycles. The van der Waals surface area contributed by atoms with Crippen LogP contribution in [-0.4, -0.2) is 17.1 Å². The van der Waals surface area contributed by atoms with Crippen LogP contribution in [0.4, 0.5) is 16.0 Å². The lowest BCUT2D eigenvalue weighted by molar-refractivity contribution is 0.386. The number of H-pyrrole nitrogens is 1. The molecule has 5 heteroatoms. The van der Waals surface area contributed by atoms with Gasteiger partial charge in [-0.05, 0) is 19.1 Å². The number of hydrogen-bond acceptors (Lipinski definition) is 3. The Bertz CT molecular complexity index is 496. The highest BCUT2D eigenvalue weighted by Crippen LogP contribution is 2.22. The molecule has 1 aromatic heterocycles. The fraction of sp³-hybridized carbons (Fsp3) is 0.182.